The van der Waals surface area contributed by atoms with E-state index in [1.807, 2.05) is 0 Å². The molecule has 0 aromatic heterocycles. The topological polar surface area (TPSA) is 82.0 Å². The summed E-state index contributed by atoms with van der Waals surface area (Å²) in [6.45, 7) is 0.169. The average Bonchev–Trinajstić information content (AvgIpc) is 2.61. The molecule has 0 radical (unpaired) electrons. The third-order valence-corrected chi connectivity index (χ3v) is 2.70. The zero-order valence-electron chi connectivity index (χ0n) is 9.48. The number of halogens is 1. The monoisotopic (exact) mass is 267 g/mol. The smallest absolute Gasteiger partial charge is 0.280 e. The van der Waals surface area contributed by atoms with Crippen molar-refractivity contribution in [2.24, 2.45) is 4.99 Å². The Hall–Kier alpha value is -2.08. The van der Waals surface area contributed by atoms with Gasteiger partial charge in [-0.25, -0.2) is 0 Å². The molecule has 18 heavy (non-hydrogen) atoms. The number of amides is 2. The lowest BCUT2D eigenvalue weighted by Crippen LogP contribution is -2.28. The van der Waals surface area contributed by atoms with Gasteiger partial charge < -0.3 is 10.0 Å². The molecular formula is C11H10ClN3O3. The van der Waals surface area contributed by atoms with Crippen molar-refractivity contribution in [2.45, 2.75) is 0 Å². The summed E-state index contributed by atoms with van der Waals surface area (Å²) in [6.07, 6.45) is 0. The molecule has 0 bridgehead atoms. The molecule has 0 aliphatic carbocycles. The number of rotatable bonds is 1. The number of nitrogens with one attached hydrogen (secondary N) is 1. The Labute approximate surface area is 108 Å². The van der Waals surface area contributed by atoms with E-state index in [0.717, 1.165) is 0 Å². The van der Waals surface area contributed by atoms with Gasteiger partial charge in [0.1, 0.15) is 5.75 Å². The van der Waals surface area contributed by atoms with Gasteiger partial charge in [-0.05, 0) is 18.2 Å². The molecule has 1 saturated heterocycles. The minimum atomic E-state index is -0.541. The number of hydrogen-bond donors (Lipinski definition) is 2. The molecule has 1 aromatic carbocycles. The average molecular weight is 268 g/mol. The second-order valence-electron chi connectivity index (χ2n) is 3.81. The highest BCUT2D eigenvalue weighted by molar-refractivity contribution is 6.32. The van der Waals surface area contributed by atoms with Crippen molar-refractivity contribution in [3.8, 4) is 5.75 Å². The molecule has 0 saturated carbocycles. The van der Waals surface area contributed by atoms with E-state index in [1.54, 1.807) is 7.05 Å². The Morgan fingerprint density at radius 1 is 1.56 bits per heavy atom. The van der Waals surface area contributed by atoms with Crippen molar-refractivity contribution in [2.75, 3.05) is 13.6 Å². The van der Waals surface area contributed by atoms with Gasteiger partial charge in [0.25, 0.3) is 5.91 Å². The van der Waals surface area contributed by atoms with Crippen LogP contribution in [0.5, 0.6) is 5.75 Å². The van der Waals surface area contributed by atoms with Crippen LogP contribution in [0.15, 0.2) is 23.2 Å². The van der Waals surface area contributed by atoms with E-state index in [-0.39, 0.29) is 34.7 Å². The van der Waals surface area contributed by atoms with E-state index in [0.29, 0.717) is 0 Å². The van der Waals surface area contributed by atoms with Gasteiger partial charge in [0.15, 0.2) is 0 Å². The fourth-order valence-electron chi connectivity index (χ4n) is 1.46. The van der Waals surface area contributed by atoms with Crippen molar-refractivity contribution < 1.29 is 14.7 Å². The zero-order valence-corrected chi connectivity index (χ0v) is 10.2. The molecule has 1 aliphatic heterocycles. The molecule has 2 rings (SSSR count). The van der Waals surface area contributed by atoms with Crippen LogP contribution in [0.4, 0.5) is 0 Å². The number of hydrogen-bond acceptors (Lipinski definition) is 3. The summed E-state index contributed by atoms with van der Waals surface area (Å²) in [6, 6.07) is 4.04. The number of aromatic hydroxyl groups is 1. The SMILES string of the molecule is CN1CC(=O)NC1=NC(=O)c1ccc(O)c(Cl)c1. The van der Waals surface area contributed by atoms with Crippen LogP contribution >= 0.6 is 11.6 Å². The predicted molar refractivity (Wildman–Crippen MR) is 65.7 cm³/mol. The van der Waals surface area contributed by atoms with Gasteiger partial charge in [0.05, 0.1) is 11.6 Å². The highest BCUT2D eigenvalue weighted by Gasteiger charge is 2.22. The Morgan fingerprint density at radius 3 is 2.83 bits per heavy atom. The van der Waals surface area contributed by atoms with Crippen LogP contribution in [0, 0.1) is 0 Å². The number of carbonyl (C=O) groups is 2. The minimum absolute atomic E-state index is 0.0739. The standard InChI is InChI=1S/C11H10ClN3O3/c1-15-5-9(17)13-11(15)14-10(18)6-2-3-8(16)7(12)4-6/h2-4,16H,5H2,1H3,(H,13,14,17,18). The molecule has 1 fully saturated rings. The maximum Gasteiger partial charge on any atom is 0.280 e. The number of likely N-dealkylation sites (N-methyl/N-ethyl adjacent to an activating group) is 1. The number of phenolic OH excluding ortho intramolecular Hbond substituents is 1. The molecule has 94 valence electrons. The van der Waals surface area contributed by atoms with Crippen molar-refractivity contribution in [3.05, 3.63) is 28.8 Å². The van der Waals surface area contributed by atoms with Gasteiger partial charge in [0, 0.05) is 12.6 Å². The summed E-state index contributed by atoms with van der Waals surface area (Å²) in [5, 5.41) is 11.8. The molecular weight excluding hydrogens is 258 g/mol. The van der Waals surface area contributed by atoms with Crippen molar-refractivity contribution >= 4 is 29.4 Å². The van der Waals surface area contributed by atoms with E-state index >= 15 is 0 Å². The second-order valence-corrected chi connectivity index (χ2v) is 4.22. The number of phenols is 1. The maximum absolute atomic E-state index is 11.8. The van der Waals surface area contributed by atoms with E-state index < -0.39 is 5.91 Å². The summed E-state index contributed by atoms with van der Waals surface area (Å²) >= 11 is 5.70. The molecule has 2 amide bonds. The first kappa shape index (κ1) is 12.4. The Morgan fingerprint density at radius 2 is 2.28 bits per heavy atom. The molecule has 0 spiro atoms. The van der Waals surface area contributed by atoms with Crippen molar-refractivity contribution in [3.63, 3.8) is 0 Å². The highest BCUT2D eigenvalue weighted by atomic mass is 35.5. The lowest BCUT2D eigenvalue weighted by molar-refractivity contribution is -0.118. The summed E-state index contributed by atoms with van der Waals surface area (Å²) in [7, 11) is 1.65. The number of nitrogens with zero attached hydrogens (tertiary/aromatic N) is 2. The first-order chi connectivity index (χ1) is 8.47. The van der Waals surface area contributed by atoms with Crippen LogP contribution in [0.3, 0.4) is 0 Å². The first-order valence-corrected chi connectivity index (χ1v) is 5.47. The maximum atomic E-state index is 11.8. The van der Waals surface area contributed by atoms with Crippen LogP contribution in [0.25, 0.3) is 0 Å². The lowest BCUT2D eigenvalue weighted by Gasteiger charge is -2.07. The molecule has 1 aliphatic rings. The molecule has 7 heteroatoms. The van der Waals surface area contributed by atoms with Gasteiger partial charge in [-0.3, -0.25) is 14.9 Å². The van der Waals surface area contributed by atoms with E-state index in [4.69, 9.17) is 11.6 Å². The number of guanidine groups is 1. The van der Waals surface area contributed by atoms with E-state index in [9.17, 15) is 14.7 Å². The first-order valence-electron chi connectivity index (χ1n) is 5.10. The van der Waals surface area contributed by atoms with Gasteiger partial charge in [-0.2, -0.15) is 4.99 Å². The minimum Gasteiger partial charge on any atom is -0.506 e. The molecule has 0 unspecified atom stereocenters. The summed E-state index contributed by atoms with van der Waals surface area (Å²) in [5.41, 5.74) is 0.236. The zero-order chi connectivity index (χ0) is 13.3. The number of benzene rings is 1. The van der Waals surface area contributed by atoms with Crippen LogP contribution in [0.2, 0.25) is 5.02 Å². The summed E-state index contributed by atoms with van der Waals surface area (Å²) in [4.78, 5) is 28.2. The summed E-state index contributed by atoms with van der Waals surface area (Å²) in [5.74, 6) is -0.657. The largest absolute Gasteiger partial charge is 0.506 e. The van der Waals surface area contributed by atoms with Crippen LogP contribution in [-0.2, 0) is 4.79 Å². The highest BCUT2D eigenvalue weighted by Crippen LogP contribution is 2.23. The normalized spacial score (nSPS) is 17.1. The molecule has 6 nitrogen and oxygen atoms in total. The molecule has 2 N–H and O–H groups in total. The van der Waals surface area contributed by atoms with Gasteiger partial charge >= 0.3 is 0 Å². The van der Waals surface area contributed by atoms with Crippen LogP contribution < -0.4 is 5.32 Å². The fourth-order valence-corrected chi connectivity index (χ4v) is 1.64. The van der Waals surface area contributed by atoms with E-state index in [2.05, 4.69) is 10.3 Å². The Kier molecular flexibility index (Phi) is 3.20. The predicted octanol–water partition coefficient (Wildman–Crippen LogP) is 0.603. The van der Waals surface area contributed by atoms with Crippen molar-refractivity contribution in [1.82, 2.24) is 10.2 Å². The number of aliphatic imine (C=N–C) groups is 1. The lowest BCUT2D eigenvalue weighted by atomic mass is 10.2. The Balaban J connectivity index is 2.24. The third-order valence-electron chi connectivity index (χ3n) is 2.40. The Bertz CT molecular complexity index is 556. The molecule has 1 heterocycles. The number of carbonyl (C=O) groups excluding carboxylic acids is 2. The van der Waals surface area contributed by atoms with Gasteiger partial charge in [-0.15, -0.1) is 0 Å². The fraction of sp³-hybridized carbons (Fsp3) is 0.182. The molecule has 1 aromatic rings. The van der Waals surface area contributed by atoms with Crippen LogP contribution in [0.1, 0.15) is 10.4 Å². The van der Waals surface area contributed by atoms with Crippen molar-refractivity contribution in [1.29, 1.82) is 0 Å². The quantitative estimate of drug-likeness (QED) is 0.781. The van der Waals surface area contributed by atoms with Gasteiger partial charge in [-0.1, -0.05) is 11.6 Å². The van der Waals surface area contributed by atoms with Gasteiger partial charge in [0.2, 0.25) is 11.9 Å². The third kappa shape index (κ3) is 2.43. The van der Waals surface area contributed by atoms with E-state index in [1.165, 1.54) is 23.1 Å². The molecule has 0 atom stereocenters. The second kappa shape index (κ2) is 4.66. The van der Waals surface area contributed by atoms with Crippen LogP contribution in [-0.4, -0.2) is 41.4 Å². The summed E-state index contributed by atoms with van der Waals surface area (Å²) < 4.78 is 0.